The fourth-order valence-corrected chi connectivity index (χ4v) is 3.10. The van der Waals surface area contributed by atoms with Gasteiger partial charge in [0.1, 0.15) is 0 Å². The lowest BCUT2D eigenvalue weighted by molar-refractivity contribution is -0.113. The number of aryl methyl sites for hydroxylation is 1. The molecule has 0 aliphatic carbocycles. The Bertz CT molecular complexity index is 905. The lowest BCUT2D eigenvalue weighted by Crippen LogP contribution is -2.00. The lowest BCUT2D eigenvalue weighted by atomic mass is 9.99. The molecule has 0 aliphatic heterocycles. The van der Waals surface area contributed by atoms with Gasteiger partial charge in [-0.1, -0.05) is 45.8 Å². The van der Waals surface area contributed by atoms with Crippen molar-refractivity contribution in [2.75, 3.05) is 0 Å². The maximum atomic E-state index is 12.1. The fraction of sp³-hybridized carbons (Fsp3) is 0.150. The Kier molecular flexibility index (Phi) is 4.49. The highest BCUT2D eigenvalue weighted by Crippen LogP contribution is 2.25. The number of carbonyl (C=O) groups excluding carboxylic acids is 1. The molecule has 23 heavy (non-hydrogen) atoms. The van der Waals surface area contributed by atoms with Crippen molar-refractivity contribution < 1.29 is 4.79 Å². The molecule has 0 saturated heterocycles. The fourth-order valence-electron chi connectivity index (χ4n) is 2.70. The van der Waals surface area contributed by atoms with Crippen LogP contribution in [0.3, 0.4) is 0 Å². The second-order valence-electron chi connectivity index (χ2n) is 5.79. The number of H-pyrrole nitrogens is 1. The van der Waals surface area contributed by atoms with E-state index in [0.29, 0.717) is 6.42 Å². The molecule has 0 radical (unpaired) electrons. The molecule has 0 bridgehead atoms. The first kappa shape index (κ1) is 15.8. The van der Waals surface area contributed by atoms with Crippen LogP contribution in [0, 0.1) is 6.92 Å². The van der Waals surface area contributed by atoms with Crippen molar-refractivity contribution >= 4 is 38.7 Å². The molecular formula is C20H18BrNO. The van der Waals surface area contributed by atoms with Crippen LogP contribution in [0.15, 0.2) is 58.7 Å². The third kappa shape index (κ3) is 3.45. The van der Waals surface area contributed by atoms with Gasteiger partial charge in [0.15, 0.2) is 5.78 Å². The maximum absolute atomic E-state index is 12.1. The smallest absolute Gasteiger partial charge is 0.156 e. The summed E-state index contributed by atoms with van der Waals surface area (Å²) in [6, 6.07) is 14.3. The zero-order chi connectivity index (χ0) is 16.4. The van der Waals surface area contributed by atoms with Gasteiger partial charge in [0.25, 0.3) is 0 Å². The molecule has 3 rings (SSSR count). The van der Waals surface area contributed by atoms with Gasteiger partial charge in [0.05, 0.1) is 0 Å². The van der Waals surface area contributed by atoms with E-state index in [9.17, 15) is 4.79 Å². The van der Waals surface area contributed by atoms with Crippen LogP contribution in [0.4, 0.5) is 0 Å². The van der Waals surface area contributed by atoms with Crippen LogP contribution >= 0.6 is 15.9 Å². The number of hydrogen-bond donors (Lipinski definition) is 1. The van der Waals surface area contributed by atoms with Gasteiger partial charge in [-0.2, -0.15) is 0 Å². The first-order valence-electron chi connectivity index (χ1n) is 7.57. The highest BCUT2D eigenvalue weighted by molar-refractivity contribution is 9.10. The number of benzene rings is 2. The molecule has 0 amide bonds. The number of halogens is 1. The number of ketones is 1. The molecular weight excluding hydrogens is 350 g/mol. The first-order chi connectivity index (χ1) is 11.0. The third-order valence-electron chi connectivity index (χ3n) is 3.99. The summed E-state index contributed by atoms with van der Waals surface area (Å²) in [6.45, 7) is 3.71. The van der Waals surface area contributed by atoms with Crippen LogP contribution in [0.25, 0.3) is 17.0 Å². The van der Waals surface area contributed by atoms with Crippen molar-refractivity contribution in [2.45, 2.75) is 20.3 Å². The molecule has 0 aliphatic rings. The van der Waals surface area contributed by atoms with E-state index >= 15 is 0 Å². The van der Waals surface area contributed by atoms with Crippen molar-refractivity contribution in [3.8, 4) is 0 Å². The van der Waals surface area contributed by atoms with Crippen molar-refractivity contribution in [1.82, 2.24) is 4.98 Å². The summed E-state index contributed by atoms with van der Waals surface area (Å²) in [5.41, 5.74) is 5.30. The van der Waals surface area contributed by atoms with E-state index in [4.69, 9.17) is 0 Å². The van der Waals surface area contributed by atoms with E-state index in [1.54, 1.807) is 6.92 Å². The summed E-state index contributed by atoms with van der Waals surface area (Å²) in [5.74, 6) is 0.0998. The first-order valence-corrected chi connectivity index (χ1v) is 8.36. The van der Waals surface area contributed by atoms with E-state index in [0.717, 1.165) is 26.7 Å². The van der Waals surface area contributed by atoms with Gasteiger partial charge in [0, 0.05) is 28.0 Å². The standard InChI is InChI=1S/C20H18BrNO/c1-13-7-8-20-18(9-13)17(12-22-20)11-16(14(2)23)10-15-5-3-4-6-19(15)21/h3-10,12,22H,11H2,1-2H3/b16-10-. The van der Waals surface area contributed by atoms with Crippen LogP contribution in [-0.4, -0.2) is 10.8 Å². The molecule has 0 fully saturated rings. The van der Waals surface area contributed by atoms with Crippen LogP contribution in [-0.2, 0) is 11.2 Å². The Hall–Kier alpha value is -2.13. The molecule has 3 heteroatoms. The van der Waals surface area contributed by atoms with Gasteiger partial charge in [0.2, 0.25) is 0 Å². The number of aromatic nitrogens is 1. The summed E-state index contributed by atoms with van der Waals surface area (Å²) in [7, 11) is 0. The predicted molar refractivity (Wildman–Crippen MR) is 99.5 cm³/mol. The van der Waals surface area contributed by atoms with E-state index in [1.165, 1.54) is 10.9 Å². The zero-order valence-electron chi connectivity index (χ0n) is 13.2. The van der Waals surface area contributed by atoms with Crippen LogP contribution < -0.4 is 0 Å². The molecule has 116 valence electrons. The Morgan fingerprint density at radius 3 is 2.74 bits per heavy atom. The minimum absolute atomic E-state index is 0.0998. The molecule has 0 saturated carbocycles. The van der Waals surface area contributed by atoms with Gasteiger partial charge >= 0.3 is 0 Å². The largest absolute Gasteiger partial charge is 0.361 e. The summed E-state index contributed by atoms with van der Waals surface area (Å²) < 4.78 is 0.994. The van der Waals surface area contributed by atoms with Crippen molar-refractivity contribution in [3.05, 3.63) is 75.4 Å². The second-order valence-corrected chi connectivity index (χ2v) is 6.64. The SMILES string of the molecule is CC(=O)/C(=C\c1ccccc1Br)Cc1c[nH]c2ccc(C)cc12. The quantitative estimate of drug-likeness (QED) is 0.610. The summed E-state index contributed by atoms with van der Waals surface area (Å²) in [5, 5.41) is 1.18. The zero-order valence-corrected chi connectivity index (χ0v) is 14.8. The normalized spacial score (nSPS) is 11.9. The van der Waals surface area contributed by atoms with E-state index < -0.39 is 0 Å². The monoisotopic (exact) mass is 367 g/mol. The van der Waals surface area contributed by atoms with E-state index in [1.807, 2.05) is 36.5 Å². The molecule has 1 heterocycles. The summed E-state index contributed by atoms with van der Waals surface area (Å²) in [6.07, 6.45) is 4.60. The average molecular weight is 368 g/mol. The molecule has 0 atom stereocenters. The number of rotatable bonds is 4. The summed E-state index contributed by atoms with van der Waals surface area (Å²) in [4.78, 5) is 15.4. The van der Waals surface area contributed by atoms with Crippen molar-refractivity contribution in [2.24, 2.45) is 0 Å². The average Bonchev–Trinajstić information content (AvgIpc) is 2.91. The molecule has 0 spiro atoms. The molecule has 0 unspecified atom stereocenters. The number of nitrogens with one attached hydrogen (secondary N) is 1. The van der Waals surface area contributed by atoms with Gasteiger partial charge in [-0.25, -0.2) is 0 Å². The number of hydrogen-bond acceptors (Lipinski definition) is 1. The van der Waals surface area contributed by atoms with Crippen LogP contribution in [0.2, 0.25) is 0 Å². The number of aromatic amines is 1. The van der Waals surface area contributed by atoms with Crippen LogP contribution in [0.5, 0.6) is 0 Å². The minimum atomic E-state index is 0.0998. The van der Waals surface area contributed by atoms with Gasteiger partial charge in [-0.15, -0.1) is 0 Å². The second kappa shape index (κ2) is 6.55. The molecule has 3 aromatic rings. The maximum Gasteiger partial charge on any atom is 0.156 e. The van der Waals surface area contributed by atoms with Crippen molar-refractivity contribution in [3.63, 3.8) is 0 Å². The molecule has 1 aromatic heterocycles. The van der Waals surface area contributed by atoms with Crippen LogP contribution in [0.1, 0.15) is 23.6 Å². The van der Waals surface area contributed by atoms with E-state index in [2.05, 4.69) is 46.0 Å². The third-order valence-corrected chi connectivity index (χ3v) is 4.71. The van der Waals surface area contributed by atoms with Gasteiger partial charge in [-0.05, 0) is 54.8 Å². The molecule has 2 nitrogen and oxygen atoms in total. The number of carbonyl (C=O) groups is 1. The molecule has 2 aromatic carbocycles. The number of Topliss-reactive ketones (excluding diaryl/α,β-unsaturated/α-hetero) is 1. The number of fused-ring (bicyclic) bond motifs is 1. The summed E-state index contributed by atoms with van der Waals surface area (Å²) >= 11 is 3.54. The minimum Gasteiger partial charge on any atom is -0.361 e. The Balaban J connectivity index is 2.01. The highest BCUT2D eigenvalue weighted by atomic mass is 79.9. The Morgan fingerprint density at radius 2 is 2.00 bits per heavy atom. The van der Waals surface area contributed by atoms with E-state index in [-0.39, 0.29) is 5.78 Å². The van der Waals surface area contributed by atoms with Gasteiger partial charge in [-0.3, -0.25) is 4.79 Å². The lowest BCUT2D eigenvalue weighted by Gasteiger charge is -2.05. The molecule has 1 N–H and O–H groups in total. The highest BCUT2D eigenvalue weighted by Gasteiger charge is 2.11. The predicted octanol–water partition coefficient (Wildman–Crippen LogP) is 5.45. The Morgan fingerprint density at radius 1 is 1.22 bits per heavy atom. The topological polar surface area (TPSA) is 32.9 Å². The van der Waals surface area contributed by atoms with Crippen molar-refractivity contribution in [1.29, 1.82) is 0 Å². The number of allylic oxidation sites excluding steroid dienone is 1. The van der Waals surface area contributed by atoms with Gasteiger partial charge < -0.3 is 4.98 Å². The Labute approximate surface area is 144 Å².